The van der Waals surface area contributed by atoms with E-state index in [1.165, 1.54) is 25.3 Å². The first-order valence-corrected chi connectivity index (χ1v) is 9.76. The van der Waals surface area contributed by atoms with Gasteiger partial charge in [0.1, 0.15) is 11.0 Å². The summed E-state index contributed by atoms with van der Waals surface area (Å²) in [5, 5.41) is -1.08. The fourth-order valence-corrected chi connectivity index (χ4v) is 6.97. The van der Waals surface area contributed by atoms with Gasteiger partial charge in [-0.25, -0.2) is 16.8 Å². The van der Waals surface area contributed by atoms with Crippen molar-refractivity contribution in [3.8, 4) is 5.75 Å². The molecule has 0 aromatic heterocycles. The maximum absolute atomic E-state index is 12.8. The first-order chi connectivity index (χ1) is 10.4. The summed E-state index contributed by atoms with van der Waals surface area (Å²) >= 11 is 0. The van der Waals surface area contributed by atoms with Crippen molar-refractivity contribution in [3.05, 3.63) is 54.1 Å². The predicted octanol–water partition coefficient (Wildman–Crippen LogP) is 2.00. The van der Waals surface area contributed by atoms with Crippen LogP contribution < -0.4 is 4.74 Å². The molecule has 2 aromatic carbocycles. The first-order valence-electron chi connectivity index (χ1n) is 6.56. The van der Waals surface area contributed by atoms with Gasteiger partial charge in [-0.1, -0.05) is 24.3 Å². The van der Waals surface area contributed by atoms with Gasteiger partial charge in [0.25, 0.3) is 0 Å². The molecule has 1 aliphatic heterocycles. The van der Waals surface area contributed by atoms with Gasteiger partial charge in [0.05, 0.1) is 22.7 Å². The Balaban J connectivity index is 2.15. The largest absolute Gasteiger partial charge is 0.497 e. The van der Waals surface area contributed by atoms with Gasteiger partial charge in [0.2, 0.25) is 0 Å². The second-order valence-electron chi connectivity index (χ2n) is 5.03. The van der Waals surface area contributed by atoms with Gasteiger partial charge in [-0.15, -0.1) is 0 Å². The Morgan fingerprint density at radius 3 is 2.55 bits per heavy atom. The number of fused-ring (bicyclic) bond motifs is 1. The molecular weight excluding hydrogens is 324 g/mol. The number of rotatable bonds is 3. The van der Waals surface area contributed by atoms with E-state index in [9.17, 15) is 16.8 Å². The molecule has 0 saturated heterocycles. The van der Waals surface area contributed by atoms with Gasteiger partial charge in [0.15, 0.2) is 19.7 Å². The fraction of sp³-hybridized carbons (Fsp3) is 0.200. The molecule has 0 aliphatic carbocycles. The van der Waals surface area contributed by atoms with Crippen LogP contribution >= 0.6 is 0 Å². The van der Waals surface area contributed by atoms with Crippen LogP contribution in [0.3, 0.4) is 0 Å². The van der Waals surface area contributed by atoms with Gasteiger partial charge in [-0.3, -0.25) is 0 Å². The summed E-state index contributed by atoms with van der Waals surface area (Å²) in [5.74, 6) is -0.0125. The molecule has 0 fully saturated rings. The zero-order chi connectivity index (χ0) is 16.0. The molecule has 5 nitrogen and oxygen atoms in total. The summed E-state index contributed by atoms with van der Waals surface area (Å²) in [6.07, 6.45) is 0. The van der Waals surface area contributed by atoms with Crippen LogP contribution in [-0.4, -0.2) is 29.7 Å². The third kappa shape index (κ3) is 2.30. The molecule has 0 radical (unpaired) electrons. The Morgan fingerprint density at radius 1 is 1.09 bits per heavy atom. The first kappa shape index (κ1) is 15.1. The molecule has 3 rings (SSSR count). The monoisotopic (exact) mass is 338 g/mol. The maximum atomic E-state index is 12.8. The fourth-order valence-electron chi connectivity index (χ4n) is 2.61. The second-order valence-corrected chi connectivity index (χ2v) is 9.16. The third-order valence-electron chi connectivity index (χ3n) is 3.72. The summed E-state index contributed by atoms with van der Waals surface area (Å²) in [7, 11) is -5.94. The van der Waals surface area contributed by atoms with Crippen molar-refractivity contribution >= 4 is 19.7 Å². The minimum Gasteiger partial charge on any atom is -0.497 e. The quantitative estimate of drug-likeness (QED) is 0.855. The lowest BCUT2D eigenvalue weighted by Crippen LogP contribution is -2.15. The van der Waals surface area contributed by atoms with Gasteiger partial charge in [-0.2, -0.15) is 0 Å². The lowest BCUT2D eigenvalue weighted by atomic mass is 10.2. The number of methoxy groups -OCH3 is 1. The van der Waals surface area contributed by atoms with Gasteiger partial charge in [0, 0.05) is 0 Å². The van der Waals surface area contributed by atoms with E-state index in [0.29, 0.717) is 11.3 Å². The average Bonchev–Trinajstić information content (AvgIpc) is 2.80. The van der Waals surface area contributed by atoms with Crippen LogP contribution in [0.4, 0.5) is 0 Å². The standard InChI is InChI=1S/C15H14O5S2/c1-20-11-5-4-6-12(9-11)22(18,19)15-10-21(16,17)14-8-3-2-7-13(14)15/h2-9,15H,10H2,1H3. The summed E-state index contributed by atoms with van der Waals surface area (Å²) in [6.45, 7) is 0. The lowest BCUT2D eigenvalue weighted by molar-refractivity contribution is 0.413. The number of ether oxygens (including phenoxy) is 1. The molecule has 0 N–H and O–H groups in total. The smallest absolute Gasteiger partial charge is 0.186 e. The van der Waals surface area contributed by atoms with E-state index in [4.69, 9.17) is 4.74 Å². The zero-order valence-corrected chi connectivity index (χ0v) is 13.4. The van der Waals surface area contributed by atoms with Crippen LogP contribution in [0.2, 0.25) is 0 Å². The Labute approximate surface area is 129 Å². The van der Waals surface area contributed by atoms with Crippen molar-refractivity contribution in [1.82, 2.24) is 0 Å². The van der Waals surface area contributed by atoms with Crippen LogP contribution in [-0.2, 0) is 19.7 Å². The van der Waals surface area contributed by atoms with E-state index in [2.05, 4.69) is 0 Å². The molecule has 116 valence electrons. The Hall–Kier alpha value is -1.86. The van der Waals surface area contributed by atoms with E-state index in [0.717, 1.165) is 0 Å². The summed E-state index contributed by atoms with van der Waals surface area (Å²) < 4.78 is 55.1. The predicted molar refractivity (Wildman–Crippen MR) is 81.4 cm³/mol. The highest BCUT2D eigenvalue weighted by atomic mass is 32.2. The van der Waals surface area contributed by atoms with Crippen molar-refractivity contribution < 1.29 is 21.6 Å². The molecule has 0 amide bonds. The van der Waals surface area contributed by atoms with Gasteiger partial charge < -0.3 is 4.74 Å². The Morgan fingerprint density at radius 2 is 1.82 bits per heavy atom. The Kier molecular flexibility index (Phi) is 3.49. The zero-order valence-electron chi connectivity index (χ0n) is 11.8. The van der Waals surface area contributed by atoms with Gasteiger partial charge >= 0.3 is 0 Å². The van der Waals surface area contributed by atoms with Crippen LogP contribution in [0.15, 0.2) is 58.3 Å². The molecule has 1 atom stereocenters. The highest BCUT2D eigenvalue weighted by Gasteiger charge is 2.42. The normalized spacial score (nSPS) is 19.6. The van der Waals surface area contributed by atoms with Crippen molar-refractivity contribution in [3.63, 3.8) is 0 Å². The minimum absolute atomic E-state index is 0.0590. The molecule has 0 spiro atoms. The van der Waals surface area contributed by atoms with Crippen LogP contribution in [0, 0.1) is 0 Å². The molecule has 0 bridgehead atoms. The van der Waals surface area contributed by atoms with E-state index in [1.54, 1.807) is 30.3 Å². The molecule has 7 heteroatoms. The van der Waals surface area contributed by atoms with E-state index in [1.807, 2.05) is 0 Å². The van der Waals surface area contributed by atoms with E-state index in [-0.39, 0.29) is 9.79 Å². The topological polar surface area (TPSA) is 77.5 Å². The van der Waals surface area contributed by atoms with Gasteiger partial charge in [-0.05, 0) is 29.8 Å². The maximum Gasteiger partial charge on any atom is 0.186 e. The van der Waals surface area contributed by atoms with E-state index < -0.39 is 30.7 Å². The molecule has 2 aromatic rings. The summed E-state index contributed by atoms with van der Waals surface area (Å²) in [4.78, 5) is 0.162. The van der Waals surface area contributed by atoms with Crippen molar-refractivity contribution in [2.75, 3.05) is 12.9 Å². The van der Waals surface area contributed by atoms with E-state index >= 15 is 0 Å². The summed E-state index contributed by atoms with van der Waals surface area (Å²) in [5.41, 5.74) is 0.338. The van der Waals surface area contributed by atoms with Crippen LogP contribution in [0.5, 0.6) is 5.75 Å². The number of benzene rings is 2. The molecule has 22 heavy (non-hydrogen) atoms. The molecule has 1 aliphatic rings. The number of hydrogen-bond acceptors (Lipinski definition) is 5. The van der Waals surface area contributed by atoms with Crippen molar-refractivity contribution in [2.45, 2.75) is 15.0 Å². The minimum atomic E-state index is -3.81. The molecular formula is C15H14O5S2. The average molecular weight is 338 g/mol. The summed E-state index contributed by atoms with van der Waals surface area (Å²) in [6, 6.07) is 12.3. The highest BCUT2D eigenvalue weighted by molar-refractivity contribution is 7.96. The van der Waals surface area contributed by atoms with Crippen LogP contribution in [0.1, 0.15) is 10.8 Å². The molecule has 0 saturated carbocycles. The number of sulfone groups is 2. The SMILES string of the molecule is COc1cccc(S(=O)(=O)C2CS(=O)(=O)c3ccccc32)c1. The Bertz CT molecular complexity index is 930. The third-order valence-corrected chi connectivity index (χ3v) is 7.82. The lowest BCUT2D eigenvalue weighted by Gasteiger charge is -2.12. The highest BCUT2D eigenvalue weighted by Crippen LogP contribution is 2.41. The van der Waals surface area contributed by atoms with Crippen LogP contribution in [0.25, 0.3) is 0 Å². The van der Waals surface area contributed by atoms with Crippen molar-refractivity contribution in [1.29, 1.82) is 0 Å². The molecule has 1 heterocycles. The van der Waals surface area contributed by atoms with Crippen molar-refractivity contribution in [2.24, 2.45) is 0 Å². The second kappa shape index (κ2) is 5.10. The number of hydrogen-bond donors (Lipinski definition) is 0. The molecule has 1 unspecified atom stereocenters.